The number of fused-ring (bicyclic) bond motifs is 1. The van der Waals surface area contributed by atoms with Gasteiger partial charge in [-0.05, 0) is 50.5 Å². The van der Waals surface area contributed by atoms with Crippen LogP contribution in [-0.2, 0) is 18.3 Å². The van der Waals surface area contributed by atoms with E-state index in [1.807, 2.05) is 25.7 Å². The second-order valence-electron chi connectivity index (χ2n) is 9.56. The smallest absolute Gasteiger partial charge is 0.273 e. The van der Waals surface area contributed by atoms with Crippen molar-refractivity contribution in [3.05, 3.63) is 56.7 Å². The number of rotatable bonds is 3. The molecule has 4 rings (SSSR count). The molecule has 1 saturated heterocycles. The number of carbonyl (C=O) groups is 1. The molecular formula is C23H30N4O3. The van der Waals surface area contributed by atoms with E-state index in [-0.39, 0.29) is 28.0 Å². The Morgan fingerprint density at radius 3 is 2.67 bits per heavy atom. The molecule has 1 amide bonds. The zero-order valence-electron chi connectivity index (χ0n) is 18.3. The lowest BCUT2D eigenvalue weighted by Crippen LogP contribution is -2.30. The number of carbonyl (C=O) groups excluding carboxylic acids is 1. The fourth-order valence-electron chi connectivity index (χ4n) is 4.95. The van der Waals surface area contributed by atoms with Gasteiger partial charge < -0.3 is 9.47 Å². The number of hydrogen-bond acceptors (Lipinski definition) is 4. The summed E-state index contributed by atoms with van der Waals surface area (Å²) in [5.74, 6) is 0.902. The summed E-state index contributed by atoms with van der Waals surface area (Å²) in [5.41, 5.74) is 3.24. The summed E-state index contributed by atoms with van der Waals surface area (Å²) in [6.07, 6.45) is 5.38. The molecule has 1 aromatic heterocycles. The van der Waals surface area contributed by atoms with Crippen LogP contribution in [0.5, 0.6) is 0 Å². The van der Waals surface area contributed by atoms with E-state index in [0.717, 1.165) is 25.1 Å². The zero-order valence-corrected chi connectivity index (χ0v) is 18.3. The first-order valence-corrected chi connectivity index (χ1v) is 10.8. The molecule has 1 atom stereocenters. The molecule has 2 heterocycles. The van der Waals surface area contributed by atoms with Crippen LogP contribution in [0.15, 0.2) is 18.2 Å². The molecule has 0 N–H and O–H groups in total. The van der Waals surface area contributed by atoms with Gasteiger partial charge in [-0.1, -0.05) is 26.8 Å². The predicted octanol–water partition coefficient (Wildman–Crippen LogP) is 4.36. The molecular weight excluding hydrogens is 380 g/mol. The van der Waals surface area contributed by atoms with E-state index in [1.165, 1.54) is 30.3 Å². The van der Waals surface area contributed by atoms with Crippen molar-refractivity contribution >= 4 is 11.6 Å². The van der Waals surface area contributed by atoms with Crippen molar-refractivity contribution in [3.8, 4) is 0 Å². The van der Waals surface area contributed by atoms with Gasteiger partial charge in [0.1, 0.15) is 5.82 Å². The molecule has 7 nitrogen and oxygen atoms in total. The second-order valence-corrected chi connectivity index (χ2v) is 9.56. The third kappa shape index (κ3) is 3.61. The first-order chi connectivity index (χ1) is 14.2. The lowest BCUT2D eigenvalue weighted by molar-refractivity contribution is -0.386. The van der Waals surface area contributed by atoms with Crippen LogP contribution in [0.1, 0.15) is 79.2 Å². The Kier molecular flexibility index (Phi) is 5.16. The summed E-state index contributed by atoms with van der Waals surface area (Å²) in [5, 5.41) is 11.6. The molecule has 30 heavy (non-hydrogen) atoms. The van der Waals surface area contributed by atoms with Crippen LogP contribution >= 0.6 is 0 Å². The summed E-state index contributed by atoms with van der Waals surface area (Å²) in [4.78, 5) is 31.0. The van der Waals surface area contributed by atoms with Crippen LogP contribution in [0, 0.1) is 17.0 Å². The lowest BCUT2D eigenvalue weighted by atomic mass is 9.85. The average molecular weight is 411 g/mol. The molecule has 1 aliphatic heterocycles. The van der Waals surface area contributed by atoms with Gasteiger partial charge >= 0.3 is 0 Å². The van der Waals surface area contributed by atoms with Crippen LogP contribution < -0.4 is 0 Å². The standard InChI is InChI=1S/C23H30N4O3/c1-15-24-19-7-5-6-8-20(19)26(15)17-11-12-25(14-17)22(28)16-9-10-18(23(2,3)4)21(13-16)27(29)30/h9-10,13,17H,5-8,11-12,14H2,1-4H3. The summed E-state index contributed by atoms with van der Waals surface area (Å²) < 4.78 is 2.34. The van der Waals surface area contributed by atoms with Gasteiger partial charge in [0.2, 0.25) is 0 Å². The van der Waals surface area contributed by atoms with Crippen LogP contribution in [0.2, 0.25) is 0 Å². The molecule has 0 saturated carbocycles. The van der Waals surface area contributed by atoms with Crippen LogP contribution in [0.4, 0.5) is 5.69 Å². The molecule has 1 aromatic carbocycles. The summed E-state index contributed by atoms with van der Waals surface area (Å²) >= 11 is 0. The van der Waals surface area contributed by atoms with Gasteiger partial charge in [-0.2, -0.15) is 0 Å². The van der Waals surface area contributed by atoms with Gasteiger partial charge in [-0.3, -0.25) is 14.9 Å². The maximum atomic E-state index is 13.2. The maximum absolute atomic E-state index is 13.2. The summed E-state index contributed by atoms with van der Waals surface area (Å²) in [7, 11) is 0. The minimum absolute atomic E-state index is 0.0172. The van der Waals surface area contributed by atoms with Gasteiger partial charge in [0.15, 0.2) is 0 Å². The summed E-state index contributed by atoms with van der Waals surface area (Å²) in [6.45, 7) is 9.15. The lowest BCUT2D eigenvalue weighted by Gasteiger charge is -2.22. The largest absolute Gasteiger partial charge is 0.336 e. The Labute approximate surface area is 177 Å². The topological polar surface area (TPSA) is 81.3 Å². The molecule has 1 fully saturated rings. The third-order valence-corrected chi connectivity index (χ3v) is 6.41. The first kappa shape index (κ1) is 20.6. The Bertz CT molecular complexity index is 1000. The number of aryl methyl sites for hydroxylation is 2. The van der Waals surface area contributed by atoms with E-state index >= 15 is 0 Å². The van der Waals surface area contributed by atoms with Crippen molar-refractivity contribution in [3.63, 3.8) is 0 Å². The Balaban J connectivity index is 1.57. The van der Waals surface area contributed by atoms with E-state index in [9.17, 15) is 14.9 Å². The number of imidazole rings is 1. The van der Waals surface area contributed by atoms with Crippen molar-refractivity contribution in [2.75, 3.05) is 13.1 Å². The highest BCUT2D eigenvalue weighted by molar-refractivity contribution is 5.95. The molecule has 2 aliphatic rings. The second kappa shape index (κ2) is 7.52. The van der Waals surface area contributed by atoms with Crippen LogP contribution in [0.3, 0.4) is 0 Å². The zero-order chi connectivity index (χ0) is 21.6. The molecule has 1 aliphatic carbocycles. The minimum Gasteiger partial charge on any atom is -0.336 e. The van der Waals surface area contributed by atoms with Crippen molar-refractivity contribution in [1.82, 2.24) is 14.5 Å². The monoisotopic (exact) mass is 410 g/mol. The van der Waals surface area contributed by atoms with Gasteiger partial charge in [0.25, 0.3) is 11.6 Å². The Morgan fingerprint density at radius 2 is 1.97 bits per heavy atom. The maximum Gasteiger partial charge on any atom is 0.273 e. The van der Waals surface area contributed by atoms with Crippen molar-refractivity contribution in [2.45, 2.75) is 71.3 Å². The van der Waals surface area contributed by atoms with E-state index in [2.05, 4.69) is 11.5 Å². The molecule has 0 bridgehead atoms. The highest BCUT2D eigenvalue weighted by atomic mass is 16.6. The van der Waals surface area contributed by atoms with E-state index < -0.39 is 0 Å². The molecule has 7 heteroatoms. The normalized spacial score (nSPS) is 19.1. The number of nitro groups is 1. The highest BCUT2D eigenvalue weighted by Crippen LogP contribution is 2.34. The number of benzene rings is 1. The molecule has 0 spiro atoms. The molecule has 1 unspecified atom stereocenters. The fraction of sp³-hybridized carbons (Fsp3) is 0.565. The third-order valence-electron chi connectivity index (χ3n) is 6.41. The number of nitrogens with zero attached hydrogens (tertiary/aromatic N) is 4. The number of amides is 1. The van der Waals surface area contributed by atoms with Gasteiger partial charge in [0.05, 0.1) is 16.7 Å². The number of aromatic nitrogens is 2. The predicted molar refractivity (Wildman–Crippen MR) is 115 cm³/mol. The number of likely N-dealkylation sites (tertiary alicyclic amines) is 1. The summed E-state index contributed by atoms with van der Waals surface area (Å²) in [6, 6.07) is 5.14. The van der Waals surface area contributed by atoms with Gasteiger partial charge in [-0.15, -0.1) is 0 Å². The van der Waals surface area contributed by atoms with Gasteiger partial charge in [0, 0.05) is 36.0 Å². The Hall–Kier alpha value is -2.70. The van der Waals surface area contributed by atoms with Crippen LogP contribution in [0.25, 0.3) is 0 Å². The molecule has 2 aromatic rings. The van der Waals surface area contributed by atoms with Crippen molar-refractivity contribution < 1.29 is 9.72 Å². The van der Waals surface area contributed by atoms with E-state index in [0.29, 0.717) is 24.2 Å². The average Bonchev–Trinajstić information content (AvgIpc) is 3.29. The number of hydrogen-bond donors (Lipinski definition) is 0. The fourth-order valence-corrected chi connectivity index (χ4v) is 4.95. The quantitative estimate of drug-likeness (QED) is 0.556. The first-order valence-electron chi connectivity index (χ1n) is 10.8. The van der Waals surface area contributed by atoms with Crippen molar-refractivity contribution in [2.24, 2.45) is 0 Å². The van der Waals surface area contributed by atoms with E-state index in [1.54, 1.807) is 12.1 Å². The minimum atomic E-state index is -0.384. The SMILES string of the molecule is Cc1nc2c(n1C1CCN(C(=O)c3ccc(C(C)(C)C)c([N+](=O)[O-])c3)C1)CCCC2. The van der Waals surface area contributed by atoms with Crippen molar-refractivity contribution in [1.29, 1.82) is 0 Å². The van der Waals surface area contributed by atoms with E-state index in [4.69, 9.17) is 4.98 Å². The van der Waals surface area contributed by atoms with Gasteiger partial charge in [-0.25, -0.2) is 4.98 Å². The Morgan fingerprint density at radius 1 is 1.23 bits per heavy atom. The molecule has 0 radical (unpaired) electrons. The number of nitro benzene ring substituents is 1. The molecule has 160 valence electrons. The van der Waals surface area contributed by atoms with Crippen LogP contribution in [-0.4, -0.2) is 38.4 Å². The highest BCUT2D eigenvalue weighted by Gasteiger charge is 2.33.